The monoisotopic (exact) mass is 946 g/mol. The normalized spacial score (nSPS) is 17.7. The molecule has 4 nitrogen and oxygen atoms in total. The summed E-state index contributed by atoms with van der Waals surface area (Å²) in [4.78, 5) is 21.6. The van der Waals surface area contributed by atoms with Crippen molar-refractivity contribution in [3.8, 4) is 9.75 Å². The fourth-order valence-electron chi connectivity index (χ4n) is 9.57. The zero-order chi connectivity index (χ0) is 46.2. The minimum atomic E-state index is -0.0229. The zero-order valence-electron chi connectivity index (χ0n) is 41.7. The van der Waals surface area contributed by atoms with Crippen LogP contribution in [0, 0.1) is 23.7 Å². The molecule has 0 saturated carbocycles. The highest BCUT2D eigenvalue weighted by atomic mass is 32.2. The number of allylic oxidation sites excluding steroid dienone is 2. The average Bonchev–Trinajstić information content (AvgIpc) is 4.15. The van der Waals surface area contributed by atoms with Crippen LogP contribution in [-0.4, -0.2) is 46.7 Å². The number of aliphatic hydroxyl groups excluding tert-OH is 1. The molecule has 64 heavy (non-hydrogen) atoms. The molecule has 0 saturated heterocycles. The number of carbonyl (C=O) groups excluding carboxylic acids is 1. The van der Waals surface area contributed by atoms with Gasteiger partial charge in [-0.25, -0.2) is 4.58 Å². The molecule has 0 aromatic carbocycles. The molecule has 3 aromatic rings. The third-order valence-electron chi connectivity index (χ3n) is 14.1. The van der Waals surface area contributed by atoms with E-state index in [4.69, 9.17) is 0 Å². The van der Waals surface area contributed by atoms with Gasteiger partial charge in [0.1, 0.15) is 18.8 Å². The molecular formula is C56H85N2O2S4+. The standard InChI is InChI=1S/C56H84N2O2S4/c1-11-21-25-39(15-5)35-57(36-40(16-6)26-22-12-2)49-31-29-45(61-49)55-43(19-9)33-47(63-55)51-53(59)52(54(51)60)48-34-44(20-10)56(64-48)46-30-32-50(62-46)58(37-41(17-7)27-23-13-3)38-42(18-8)28-24-14-4/h29-34,39-42H,11-28,35-38H2,1-10H3/p+1. The second-order valence-corrected chi connectivity index (χ2v) is 23.0. The van der Waals surface area contributed by atoms with Crippen molar-refractivity contribution in [2.24, 2.45) is 23.7 Å². The zero-order valence-corrected chi connectivity index (χ0v) is 45.0. The molecule has 4 unspecified atom stereocenters. The highest BCUT2D eigenvalue weighted by Crippen LogP contribution is 2.46. The highest BCUT2D eigenvalue weighted by Gasteiger charge is 2.37. The maximum absolute atomic E-state index is 14.2. The van der Waals surface area contributed by atoms with Crippen LogP contribution in [0.15, 0.2) is 42.2 Å². The fourth-order valence-corrected chi connectivity index (χ4v) is 14.5. The fraction of sp³-hybridized carbons (Fsp3) is 0.643. The van der Waals surface area contributed by atoms with Crippen LogP contribution < -0.4 is 14.0 Å². The summed E-state index contributed by atoms with van der Waals surface area (Å²) in [6, 6.07) is 9.03. The number of thioether (sulfide) groups is 1. The van der Waals surface area contributed by atoms with Crippen molar-refractivity contribution < 1.29 is 14.5 Å². The quantitative estimate of drug-likeness (QED) is 0.0704. The first-order chi connectivity index (χ1) is 31.1. The Morgan fingerprint density at radius 1 is 0.609 bits per heavy atom. The van der Waals surface area contributed by atoms with E-state index in [1.54, 1.807) is 22.7 Å². The van der Waals surface area contributed by atoms with E-state index < -0.39 is 0 Å². The Balaban J connectivity index is 1.46. The lowest BCUT2D eigenvalue weighted by Gasteiger charge is -2.31. The van der Waals surface area contributed by atoms with Gasteiger partial charge in [0.15, 0.2) is 0 Å². The van der Waals surface area contributed by atoms with Crippen molar-refractivity contribution in [2.45, 2.75) is 185 Å². The van der Waals surface area contributed by atoms with Crippen molar-refractivity contribution in [3.05, 3.63) is 67.2 Å². The lowest BCUT2D eigenvalue weighted by atomic mass is 9.87. The van der Waals surface area contributed by atoms with Gasteiger partial charge in [0.25, 0.3) is 0 Å². The Labute approximate surface area is 406 Å². The number of thiophene rings is 3. The molecule has 1 aliphatic carbocycles. The van der Waals surface area contributed by atoms with E-state index in [-0.39, 0.29) is 11.5 Å². The molecule has 3 aromatic heterocycles. The Bertz CT molecular complexity index is 2130. The van der Waals surface area contributed by atoms with Crippen molar-refractivity contribution >= 4 is 77.7 Å². The third kappa shape index (κ3) is 13.4. The summed E-state index contributed by atoms with van der Waals surface area (Å²) in [5.41, 5.74) is 3.50. The number of aliphatic hydroxyl groups is 1. The summed E-state index contributed by atoms with van der Waals surface area (Å²) >= 11 is 7.20. The lowest BCUT2D eigenvalue weighted by Crippen LogP contribution is -2.33. The van der Waals surface area contributed by atoms with Crippen LogP contribution >= 0.6 is 45.8 Å². The van der Waals surface area contributed by atoms with Crippen LogP contribution in [0.5, 0.6) is 0 Å². The van der Waals surface area contributed by atoms with Gasteiger partial charge in [-0.3, -0.25) is 4.79 Å². The summed E-state index contributed by atoms with van der Waals surface area (Å²) in [7, 11) is 0. The molecule has 2 aliphatic rings. The van der Waals surface area contributed by atoms with E-state index >= 15 is 0 Å². The molecule has 0 fully saturated rings. The first-order valence-corrected chi connectivity index (χ1v) is 29.2. The second-order valence-electron chi connectivity index (χ2n) is 18.8. The van der Waals surface area contributed by atoms with Crippen LogP contribution in [0.3, 0.4) is 0 Å². The van der Waals surface area contributed by atoms with Crippen LogP contribution in [0.1, 0.15) is 188 Å². The number of nitrogens with zero attached hydrogens (tertiary/aromatic N) is 2. The third-order valence-corrected chi connectivity index (χ3v) is 19.2. The summed E-state index contributed by atoms with van der Waals surface area (Å²) in [5, 5.41) is 14.5. The van der Waals surface area contributed by atoms with Crippen molar-refractivity contribution in [2.75, 3.05) is 31.1 Å². The molecule has 0 bridgehead atoms. The van der Waals surface area contributed by atoms with Crippen LogP contribution in [0.25, 0.3) is 25.8 Å². The molecular weight excluding hydrogens is 861 g/mol. The number of unbranched alkanes of at least 4 members (excludes halogenated alkanes) is 4. The van der Waals surface area contributed by atoms with E-state index in [0.29, 0.717) is 34.8 Å². The molecule has 1 aliphatic heterocycles. The van der Waals surface area contributed by atoms with Crippen molar-refractivity contribution in [1.82, 2.24) is 0 Å². The maximum atomic E-state index is 14.2. The summed E-state index contributed by atoms with van der Waals surface area (Å²) in [6.07, 6.45) is 26.7. The van der Waals surface area contributed by atoms with Gasteiger partial charge in [-0.1, -0.05) is 133 Å². The van der Waals surface area contributed by atoms with Gasteiger partial charge in [0, 0.05) is 59.6 Å². The molecule has 8 heteroatoms. The van der Waals surface area contributed by atoms with Crippen LogP contribution in [0.4, 0.5) is 5.00 Å². The van der Waals surface area contributed by atoms with Gasteiger partial charge in [-0.2, -0.15) is 0 Å². The average molecular weight is 947 g/mol. The number of hydrogen-bond donors (Lipinski definition) is 1. The predicted octanol–water partition coefficient (Wildman–Crippen LogP) is 15.9. The Morgan fingerprint density at radius 3 is 1.66 bits per heavy atom. The van der Waals surface area contributed by atoms with Crippen molar-refractivity contribution in [3.63, 3.8) is 0 Å². The molecule has 1 N–H and O–H groups in total. The first-order valence-electron chi connectivity index (χ1n) is 25.9. The van der Waals surface area contributed by atoms with E-state index in [1.807, 2.05) is 23.1 Å². The Kier molecular flexibility index (Phi) is 22.0. The van der Waals surface area contributed by atoms with E-state index in [9.17, 15) is 9.90 Å². The van der Waals surface area contributed by atoms with Gasteiger partial charge < -0.3 is 10.0 Å². The summed E-state index contributed by atoms with van der Waals surface area (Å²) in [5.74, 6) is 2.96. The molecule has 4 atom stereocenters. The first kappa shape index (κ1) is 52.6. The molecule has 0 spiro atoms. The number of anilines is 1. The van der Waals surface area contributed by atoms with Crippen molar-refractivity contribution in [1.29, 1.82) is 0 Å². The van der Waals surface area contributed by atoms with Gasteiger partial charge in [0.2, 0.25) is 10.8 Å². The second kappa shape index (κ2) is 26.8. The number of carbonyl (C=O) groups is 1. The van der Waals surface area contributed by atoms with Crippen LogP contribution in [-0.2, 0) is 17.6 Å². The van der Waals surface area contributed by atoms with Gasteiger partial charge >= 0.3 is 0 Å². The highest BCUT2D eigenvalue weighted by molar-refractivity contribution is 8.22. The van der Waals surface area contributed by atoms with Gasteiger partial charge in [0.05, 0.1) is 16.1 Å². The SMILES string of the molecule is CCCCC(CC)CN(CC(CC)CCCC)c1ccc(-c2sc(C3=C(O)/C(=c4\cc(CC)/c(=C5/C=CC(=[N+](CC(CC)CCCC)CC(CC)CCCC)S5)s4)C3=O)cc2CC)s1. The number of Topliss-reactive ketones (excluding diaryl/α,β-unsaturated/α-hetero) is 1. The van der Waals surface area contributed by atoms with Gasteiger partial charge in [-0.15, -0.1) is 34.0 Å². The summed E-state index contributed by atoms with van der Waals surface area (Å²) in [6.45, 7) is 27.6. The van der Waals surface area contributed by atoms with E-state index in [0.717, 1.165) is 48.4 Å². The minimum absolute atomic E-state index is 0.0229. The number of ketones is 1. The van der Waals surface area contributed by atoms with Gasteiger partial charge in [-0.05, 0) is 116 Å². The van der Waals surface area contributed by atoms with E-state index in [2.05, 4.69) is 115 Å². The maximum Gasteiger partial charge on any atom is 0.239 e. The smallest absolute Gasteiger partial charge is 0.239 e. The predicted molar refractivity (Wildman–Crippen MR) is 288 cm³/mol. The largest absolute Gasteiger partial charge is 0.506 e. The topological polar surface area (TPSA) is 43.5 Å². The number of rotatable bonds is 29. The molecule has 354 valence electrons. The molecule has 5 rings (SSSR count). The van der Waals surface area contributed by atoms with Crippen LogP contribution in [0.2, 0.25) is 0 Å². The molecule has 0 radical (unpaired) electrons. The van der Waals surface area contributed by atoms with E-state index in [1.165, 1.54) is 143 Å². The number of hydrogen-bond acceptors (Lipinski definition) is 7. The lowest BCUT2D eigenvalue weighted by molar-refractivity contribution is -0.539. The molecule has 0 amide bonds. The Hall–Kier alpha value is -2.39. The molecule has 4 heterocycles. The minimum Gasteiger partial charge on any atom is -0.506 e. The number of aryl methyl sites for hydroxylation is 2. The Morgan fingerprint density at radius 2 is 1.16 bits per heavy atom. The summed E-state index contributed by atoms with van der Waals surface area (Å²) < 4.78 is 4.85.